The number of rotatable bonds is 4. The van der Waals surface area contributed by atoms with E-state index in [1.54, 1.807) is 23.9 Å². The van der Waals surface area contributed by atoms with E-state index in [9.17, 15) is 14.4 Å². The molecule has 1 fully saturated rings. The lowest BCUT2D eigenvalue weighted by Crippen LogP contribution is -2.46. The summed E-state index contributed by atoms with van der Waals surface area (Å²) in [6.07, 6.45) is 0. The predicted octanol–water partition coefficient (Wildman–Crippen LogP) is 0.922. The maximum atomic E-state index is 12.1. The third-order valence-corrected chi connectivity index (χ3v) is 4.24. The molecule has 2 N–H and O–H groups in total. The second kappa shape index (κ2) is 6.62. The molecule has 7 heteroatoms. The van der Waals surface area contributed by atoms with Gasteiger partial charge in [-0.2, -0.15) is 0 Å². The van der Waals surface area contributed by atoms with Gasteiger partial charge in [0.15, 0.2) is 0 Å². The first-order valence-electron chi connectivity index (χ1n) is 6.44. The van der Waals surface area contributed by atoms with Gasteiger partial charge in [0, 0.05) is 19.2 Å². The van der Waals surface area contributed by atoms with Gasteiger partial charge in [0.05, 0.1) is 11.4 Å². The van der Waals surface area contributed by atoms with E-state index in [1.165, 1.54) is 24.0 Å². The first kappa shape index (κ1) is 15.4. The Bertz CT molecular complexity index is 576. The zero-order chi connectivity index (χ0) is 15.4. The summed E-state index contributed by atoms with van der Waals surface area (Å²) in [6, 6.07) is 5.96. The van der Waals surface area contributed by atoms with Gasteiger partial charge in [0.2, 0.25) is 11.8 Å². The zero-order valence-corrected chi connectivity index (χ0v) is 12.4. The van der Waals surface area contributed by atoms with E-state index < -0.39 is 12.0 Å². The molecule has 1 heterocycles. The Morgan fingerprint density at radius 3 is 2.86 bits per heavy atom. The molecule has 112 valence electrons. The van der Waals surface area contributed by atoms with E-state index in [1.807, 2.05) is 0 Å². The Morgan fingerprint density at radius 2 is 2.19 bits per heavy atom. The topological polar surface area (TPSA) is 86.7 Å². The summed E-state index contributed by atoms with van der Waals surface area (Å²) >= 11 is 1.54. The van der Waals surface area contributed by atoms with Crippen molar-refractivity contribution in [2.24, 2.45) is 0 Å². The number of hydrogen-bond donors (Lipinski definition) is 2. The largest absolute Gasteiger partial charge is 0.478 e. The molecule has 2 amide bonds. The summed E-state index contributed by atoms with van der Waals surface area (Å²) in [6.45, 7) is 1.69. The molecule has 0 aliphatic carbocycles. The van der Waals surface area contributed by atoms with Crippen LogP contribution in [0.3, 0.4) is 0 Å². The van der Waals surface area contributed by atoms with Crippen LogP contribution in [0.4, 0.5) is 0 Å². The lowest BCUT2D eigenvalue weighted by atomic mass is 10.1. The summed E-state index contributed by atoms with van der Waals surface area (Å²) in [5.41, 5.74) is 0.895. The fourth-order valence-corrected chi connectivity index (χ4v) is 3.31. The van der Waals surface area contributed by atoms with Gasteiger partial charge in [0.25, 0.3) is 0 Å². The van der Waals surface area contributed by atoms with Gasteiger partial charge in [0.1, 0.15) is 6.04 Å². The van der Waals surface area contributed by atoms with Gasteiger partial charge in [-0.05, 0) is 17.7 Å². The lowest BCUT2D eigenvalue weighted by Gasteiger charge is -2.21. The van der Waals surface area contributed by atoms with Gasteiger partial charge in [-0.25, -0.2) is 4.79 Å². The number of nitrogens with one attached hydrogen (secondary N) is 1. The molecule has 1 aliphatic rings. The molecule has 1 aromatic carbocycles. The highest BCUT2D eigenvalue weighted by Gasteiger charge is 2.32. The number of amides is 2. The van der Waals surface area contributed by atoms with E-state index in [-0.39, 0.29) is 23.9 Å². The standard InChI is InChI=1S/C14H16N2O4S/c1-9(17)16-8-21-7-12(16)13(18)15-6-10-3-2-4-11(5-10)14(19)20/h2-5,12H,6-8H2,1H3,(H,15,18)(H,19,20)/t12-/m1/s1. The molecule has 1 aromatic rings. The Labute approximate surface area is 126 Å². The third-order valence-electron chi connectivity index (χ3n) is 3.23. The number of aromatic carboxylic acids is 1. The number of benzene rings is 1. The smallest absolute Gasteiger partial charge is 0.335 e. The normalized spacial score (nSPS) is 17.6. The molecule has 6 nitrogen and oxygen atoms in total. The van der Waals surface area contributed by atoms with Crippen LogP contribution >= 0.6 is 11.8 Å². The average molecular weight is 308 g/mol. The molecular formula is C14H16N2O4S. The Kier molecular flexibility index (Phi) is 4.85. The summed E-state index contributed by atoms with van der Waals surface area (Å²) in [4.78, 5) is 36.0. The van der Waals surface area contributed by atoms with Crippen LogP contribution in [0.15, 0.2) is 24.3 Å². The Balaban J connectivity index is 1.96. The molecular weight excluding hydrogens is 292 g/mol. The van der Waals surface area contributed by atoms with E-state index in [4.69, 9.17) is 5.11 Å². The average Bonchev–Trinajstić information content (AvgIpc) is 2.94. The number of thioether (sulfide) groups is 1. The maximum Gasteiger partial charge on any atom is 0.335 e. The van der Waals surface area contributed by atoms with E-state index >= 15 is 0 Å². The van der Waals surface area contributed by atoms with Crippen molar-refractivity contribution < 1.29 is 19.5 Å². The molecule has 2 rings (SSSR count). The Hall–Kier alpha value is -2.02. The van der Waals surface area contributed by atoms with Crippen molar-refractivity contribution in [1.82, 2.24) is 10.2 Å². The summed E-state index contributed by atoms with van der Waals surface area (Å²) in [7, 11) is 0. The molecule has 0 saturated carbocycles. The van der Waals surface area contributed by atoms with Crippen LogP contribution in [0.5, 0.6) is 0 Å². The second-order valence-corrected chi connectivity index (χ2v) is 5.73. The van der Waals surface area contributed by atoms with Gasteiger partial charge < -0.3 is 15.3 Å². The van der Waals surface area contributed by atoms with Crippen LogP contribution in [-0.4, -0.2) is 45.5 Å². The quantitative estimate of drug-likeness (QED) is 0.864. The number of hydrogen-bond acceptors (Lipinski definition) is 4. The molecule has 0 aromatic heterocycles. The van der Waals surface area contributed by atoms with Crippen LogP contribution in [0.2, 0.25) is 0 Å². The van der Waals surface area contributed by atoms with Crippen molar-refractivity contribution in [2.45, 2.75) is 19.5 Å². The van der Waals surface area contributed by atoms with Crippen molar-refractivity contribution >= 4 is 29.5 Å². The summed E-state index contributed by atoms with van der Waals surface area (Å²) < 4.78 is 0. The van der Waals surface area contributed by atoms with Crippen molar-refractivity contribution in [3.05, 3.63) is 35.4 Å². The highest BCUT2D eigenvalue weighted by Crippen LogP contribution is 2.21. The minimum atomic E-state index is -1.00. The van der Waals surface area contributed by atoms with Crippen LogP contribution in [0, 0.1) is 0 Å². The minimum Gasteiger partial charge on any atom is -0.478 e. The summed E-state index contributed by atoms with van der Waals surface area (Å²) in [5, 5.41) is 11.7. The molecule has 1 aliphatic heterocycles. The van der Waals surface area contributed by atoms with Crippen molar-refractivity contribution in [1.29, 1.82) is 0 Å². The van der Waals surface area contributed by atoms with Crippen LogP contribution in [0.25, 0.3) is 0 Å². The first-order chi connectivity index (χ1) is 9.99. The van der Waals surface area contributed by atoms with Gasteiger partial charge in [-0.1, -0.05) is 12.1 Å². The van der Waals surface area contributed by atoms with Crippen molar-refractivity contribution in [2.75, 3.05) is 11.6 Å². The van der Waals surface area contributed by atoms with Crippen molar-refractivity contribution in [3.8, 4) is 0 Å². The van der Waals surface area contributed by atoms with E-state index in [2.05, 4.69) is 5.32 Å². The van der Waals surface area contributed by atoms with E-state index in [0.29, 0.717) is 17.2 Å². The monoisotopic (exact) mass is 308 g/mol. The minimum absolute atomic E-state index is 0.118. The predicted molar refractivity (Wildman–Crippen MR) is 78.9 cm³/mol. The third kappa shape index (κ3) is 3.75. The SMILES string of the molecule is CC(=O)N1CSC[C@@H]1C(=O)NCc1cccc(C(=O)O)c1. The highest BCUT2D eigenvalue weighted by atomic mass is 32.2. The number of carbonyl (C=O) groups is 3. The van der Waals surface area contributed by atoms with Crippen LogP contribution in [-0.2, 0) is 16.1 Å². The number of carboxylic acid groups (broad SMARTS) is 1. The molecule has 1 atom stereocenters. The van der Waals surface area contributed by atoms with Gasteiger partial charge in [-0.3, -0.25) is 9.59 Å². The molecule has 21 heavy (non-hydrogen) atoms. The van der Waals surface area contributed by atoms with Gasteiger partial charge in [-0.15, -0.1) is 11.8 Å². The fraction of sp³-hybridized carbons (Fsp3) is 0.357. The number of nitrogens with zero attached hydrogens (tertiary/aromatic N) is 1. The van der Waals surface area contributed by atoms with Gasteiger partial charge >= 0.3 is 5.97 Å². The molecule has 0 bridgehead atoms. The van der Waals surface area contributed by atoms with Crippen molar-refractivity contribution in [3.63, 3.8) is 0 Å². The van der Waals surface area contributed by atoms with E-state index in [0.717, 1.165) is 0 Å². The fourth-order valence-electron chi connectivity index (χ4n) is 2.09. The first-order valence-corrected chi connectivity index (χ1v) is 7.59. The Morgan fingerprint density at radius 1 is 1.43 bits per heavy atom. The van der Waals surface area contributed by atoms with Crippen LogP contribution < -0.4 is 5.32 Å². The molecule has 0 unspecified atom stereocenters. The number of carbonyl (C=O) groups excluding carboxylic acids is 2. The molecule has 1 saturated heterocycles. The molecule has 0 spiro atoms. The lowest BCUT2D eigenvalue weighted by molar-refractivity contribution is -0.136. The zero-order valence-electron chi connectivity index (χ0n) is 11.5. The molecule has 0 radical (unpaired) electrons. The van der Waals surface area contributed by atoms with Crippen LogP contribution in [0.1, 0.15) is 22.8 Å². The maximum absolute atomic E-state index is 12.1. The summed E-state index contributed by atoms with van der Waals surface area (Å²) in [5.74, 6) is -0.218. The highest BCUT2D eigenvalue weighted by molar-refractivity contribution is 7.99. The second-order valence-electron chi connectivity index (χ2n) is 4.73. The number of carboxylic acids is 1.